The van der Waals surface area contributed by atoms with E-state index in [1.54, 1.807) is 18.1 Å². The number of rotatable bonds is 7. The molecular weight excluding hydrogens is 252 g/mol. The predicted octanol–water partition coefficient (Wildman–Crippen LogP) is 0.973. The molecule has 0 spiro atoms. The molecule has 5 nitrogen and oxygen atoms in total. The third-order valence-corrected chi connectivity index (χ3v) is 3.29. The van der Waals surface area contributed by atoms with Gasteiger partial charge in [0.25, 0.3) is 5.91 Å². The first kappa shape index (κ1) is 14.7. The highest BCUT2D eigenvalue weighted by Gasteiger charge is 2.09. The molecule has 1 N–H and O–H groups in total. The van der Waals surface area contributed by atoms with Gasteiger partial charge < -0.3 is 15.0 Å². The fourth-order valence-electron chi connectivity index (χ4n) is 1.43. The summed E-state index contributed by atoms with van der Waals surface area (Å²) in [4.78, 5) is 25.3. The Balaban J connectivity index is 2.30. The number of nitrogens with one attached hydrogen (secondary N) is 1. The number of thiophene rings is 1. The highest BCUT2D eigenvalue weighted by Crippen LogP contribution is 2.07. The van der Waals surface area contributed by atoms with E-state index in [9.17, 15) is 9.59 Å². The molecule has 0 bridgehead atoms. The fraction of sp³-hybridized carbons (Fsp3) is 0.500. The van der Waals surface area contributed by atoms with Crippen LogP contribution in [-0.2, 0) is 9.53 Å². The van der Waals surface area contributed by atoms with Crippen molar-refractivity contribution in [2.75, 3.05) is 33.4 Å². The molecule has 0 unspecified atom stereocenters. The molecule has 6 heteroatoms. The summed E-state index contributed by atoms with van der Waals surface area (Å²) in [6.45, 7) is 3.49. The molecule has 0 saturated carbocycles. The van der Waals surface area contributed by atoms with Gasteiger partial charge >= 0.3 is 0 Å². The summed E-state index contributed by atoms with van der Waals surface area (Å²) in [5.41, 5.74) is 0. The van der Waals surface area contributed by atoms with Crippen LogP contribution >= 0.6 is 11.3 Å². The lowest BCUT2D eigenvalue weighted by Crippen LogP contribution is -2.39. The van der Waals surface area contributed by atoms with Gasteiger partial charge in [0, 0.05) is 33.7 Å². The third kappa shape index (κ3) is 4.85. The number of carbonyl (C=O) groups is 2. The Bertz CT molecular complexity index is 379. The van der Waals surface area contributed by atoms with Crippen molar-refractivity contribution in [3.63, 3.8) is 0 Å². The Kier molecular flexibility index (Phi) is 6.38. The van der Waals surface area contributed by atoms with Crippen molar-refractivity contribution >= 4 is 23.2 Å². The lowest BCUT2D eigenvalue weighted by molar-refractivity contribution is -0.129. The topological polar surface area (TPSA) is 58.6 Å². The normalized spacial score (nSPS) is 10.1. The number of carbonyl (C=O) groups excluding carboxylic acids is 2. The van der Waals surface area contributed by atoms with Crippen LogP contribution < -0.4 is 5.32 Å². The Hall–Kier alpha value is -1.40. The fourth-order valence-corrected chi connectivity index (χ4v) is 2.07. The van der Waals surface area contributed by atoms with E-state index in [-0.39, 0.29) is 11.8 Å². The smallest absolute Gasteiger partial charge is 0.261 e. The largest absolute Gasteiger partial charge is 0.383 e. The average molecular weight is 270 g/mol. The molecule has 1 rings (SSSR count). The number of hydrogen-bond donors (Lipinski definition) is 1. The molecule has 0 aromatic carbocycles. The molecular formula is C12H18N2O3S. The molecule has 0 atom stereocenters. The Morgan fingerprint density at radius 1 is 1.44 bits per heavy atom. The zero-order valence-electron chi connectivity index (χ0n) is 10.6. The van der Waals surface area contributed by atoms with Gasteiger partial charge in [0.1, 0.15) is 0 Å². The Morgan fingerprint density at radius 3 is 2.78 bits per heavy atom. The van der Waals surface area contributed by atoms with Gasteiger partial charge in [-0.2, -0.15) is 0 Å². The lowest BCUT2D eigenvalue weighted by Gasteiger charge is -2.20. The van der Waals surface area contributed by atoms with Crippen LogP contribution in [0.2, 0.25) is 0 Å². The number of methoxy groups -OCH3 is 1. The molecule has 0 aliphatic carbocycles. The highest BCUT2D eigenvalue weighted by atomic mass is 32.1. The van der Waals surface area contributed by atoms with E-state index >= 15 is 0 Å². The molecule has 100 valence electrons. The van der Waals surface area contributed by atoms with E-state index in [2.05, 4.69) is 5.32 Å². The van der Waals surface area contributed by atoms with Crippen LogP contribution in [0.4, 0.5) is 0 Å². The van der Waals surface area contributed by atoms with Crippen molar-refractivity contribution in [3.8, 4) is 0 Å². The highest BCUT2D eigenvalue weighted by molar-refractivity contribution is 7.12. The van der Waals surface area contributed by atoms with Gasteiger partial charge in [0.15, 0.2) is 0 Å². The summed E-state index contributed by atoms with van der Waals surface area (Å²) in [5, 5.41) is 4.64. The van der Waals surface area contributed by atoms with E-state index in [1.165, 1.54) is 18.3 Å². The number of ether oxygens (including phenoxy) is 1. The molecule has 0 aliphatic rings. The number of hydrogen-bond acceptors (Lipinski definition) is 4. The van der Waals surface area contributed by atoms with Gasteiger partial charge in [-0.15, -0.1) is 11.3 Å². The van der Waals surface area contributed by atoms with E-state index < -0.39 is 0 Å². The van der Waals surface area contributed by atoms with E-state index in [0.29, 0.717) is 31.1 Å². The summed E-state index contributed by atoms with van der Waals surface area (Å²) in [7, 11) is 1.59. The predicted molar refractivity (Wildman–Crippen MR) is 70.8 cm³/mol. The summed E-state index contributed by atoms with van der Waals surface area (Å²) in [6.07, 6.45) is 0. The second-order valence-electron chi connectivity index (χ2n) is 3.73. The molecule has 0 saturated heterocycles. The van der Waals surface area contributed by atoms with Crippen LogP contribution in [0.15, 0.2) is 17.5 Å². The molecule has 2 amide bonds. The third-order valence-electron chi connectivity index (χ3n) is 2.42. The molecule has 18 heavy (non-hydrogen) atoms. The van der Waals surface area contributed by atoms with Crippen LogP contribution in [0.25, 0.3) is 0 Å². The SMILES string of the molecule is COCCN(CCNC(=O)c1cccs1)C(C)=O. The second-order valence-corrected chi connectivity index (χ2v) is 4.68. The standard InChI is InChI=1S/C12H18N2O3S/c1-10(15)14(7-8-17-2)6-5-13-12(16)11-4-3-9-18-11/h3-4,9H,5-8H2,1-2H3,(H,13,16). The van der Waals surface area contributed by atoms with Crippen LogP contribution in [0.5, 0.6) is 0 Å². The maximum Gasteiger partial charge on any atom is 0.261 e. The Morgan fingerprint density at radius 2 is 2.22 bits per heavy atom. The van der Waals surface area contributed by atoms with Crippen LogP contribution in [0, 0.1) is 0 Å². The van der Waals surface area contributed by atoms with E-state index in [4.69, 9.17) is 4.74 Å². The molecule has 0 radical (unpaired) electrons. The van der Waals surface area contributed by atoms with Crippen molar-refractivity contribution in [3.05, 3.63) is 22.4 Å². The van der Waals surface area contributed by atoms with Crippen molar-refractivity contribution < 1.29 is 14.3 Å². The molecule has 1 aromatic heterocycles. The summed E-state index contributed by atoms with van der Waals surface area (Å²) in [6, 6.07) is 3.60. The van der Waals surface area contributed by atoms with Gasteiger partial charge in [-0.05, 0) is 11.4 Å². The van der Waals surface area contributed by atoms with Crippen LogP contribution in [0.3, 0.4) is 0 Å². The molecule has 1 aromatic rings. The minimum Gasteiger partial charge on any atom is -0.383 e. The molecule has 1 heterocycles. The maximum absolute atomic E-state index is 11.6. The minimum absolute atomic E-state index is 0.0163. The van der Waals surface area contributed by atoms with Crippen molar-refractivity contribution in [2.24, 2.45) is 0 Å². The number of amides is 2. The zero-order valence-corrected chi connectivity index (χ0v) is 11.5. The zero-order chi connectivity index (χ0) is 13.4. The molecule has 0 aliphatic heterocycles. The summed E-state index contributed by atoms with van der Waals surface area (Å²) in [5.74, 6) is -0.113. The quantitative estimate of drug-likeness (QED) is 0.803. The monoisotopic (exact) mass is 270 g/mol. The van der Waals surface area contributed by atoms with E-state index in [0.717, 1.165) is 0 Å². The number of nitrogens with zero attached hydrogens (tertiary/aromatic N) is 1. The van der Waals surface area contributed by atoms with E-state index in [1.807, 2.05) is 11.4 Å². The Labute approximate surface area is 111 Å². The van der Waals surface area contributed by atoms with Gasteiger partial charge in [-0.3, -0.25) is 9.59 Å². The first-order valence-corrected chi connectivity index (χ1v) is 6.59. The van der Waals surface area contributed by atoms with Crippen molar-refractivity contribution in [2.45, 2.75) is 6.92 Å². The summed E-state index contributed by atoms with van der Waals surface area (Å²) < 4.78 is 4.93. The second kappa shape index (κ2) is 7.84. The van der Waals surface area contributed by atoms with Gasteiger partial charge in [-0.1, -0.05) is 6.07 Å². The van der Waals surface area contributed by atoms with Gasteiger partial charge in [0.05, 0.1) is 11.5 Å². The minimum atomic E-state index is -0.0970. The first-order chi connectivity index (χ1) is 8.65. The van der Waals surface area contributed by atoms with Crippen molar-refractivity contribution in [1.29, 1.82) is 0 Å². The maximum atomic E-state index is 11.6. The average Bonchev–Trinajstić information content (AvgIpc) is 2.86. The molecule has 0 fully saturated rings. The van der Waals surface area contributed by atoms with Gasteiger partial charge in [-0.25, -0.2) is 0 Å². The lowest BCUT2D eigenvalue weighted by atomic mass is 10.4. The van der Waals surface area contributed by atoms with Crippen molar-refractivity contribution in [1.82, 2.24) is 10.2 Å². The summed E-state index contributed by atoms with van der Waals surface area (Å²) >= 11 is 1.40. The van der Waals surface area contributed by atoms with Crippen LogP contribution in [-0.4, -0.2) is 50.1 Å². The first-order valence-electron chi connectivity index (χ1n) is 5.71. The van der Waals surface area contributed by atoms with Crippen LogP contribution in [0.1, 0.15) is 16.6 Å². The van der Waals surface area contributed by atoms with Gasteiger partial charge in [0.2, 0.25) is 5.91 Å².